The fourth-order valence-corrected chi connectivity index (χ4v) is 4.82. The minimum absolute atomic E-state index is 0.758. The van der Waals surface area contributed by atoms with E-state index in [1.54, 1.807) is 0 Å². The van der Waals surface area contributed by atoms with Gasteiger partial charge in [0.2, 0.25) is 5.95 Å². The maximum atomic E-state index is 6.06. The number of hydrogen-bond donors (Lipinski definition) is 0. The van der Waals surface area contributed by atoms with Gasteiger partial charge >= 0.3 is 0 Å². The average Bonchev–Trinajstić information content (AvgIpc) is 2.81. The third kappa shape index (κ3) is 4.41. The molecule has 0 amide bonds. The minimum Gasteiger partial charge on any atom is -0.378 e. The van der Waals surface area contributed by atoms with Crippen LogP contribution < -0.4 is 9.80 Å². The van der Waals surface area contributed by atoms with Crippen molar-refractivity contribution in [1.29, 1.82) is 0 Å². The zero-order valence-electron chi connectivity index (χ0n) is 17.5. The molecule has 3 aliphatic rings. The van der Waals surface area contributed by atoms with Gasteiger partial charge in [-0.2, -0.15) is 4.98 Å². The molecule has 5 rings (SSSR count). The van der Waals surface area contributed by atoms with E-state index in [1.165, 1.54) is 41.9 Å². The third-order valence-electron chi connectivity index (χ3n) is 6.37. The lowest BCUT2D eigenvalue weighted by atomic mass is 10.0. The molecule has 0 saturated carbocycles. The predicted molar refractivity (Wildman–Crippen MR) is 120 cm³/mol. The molecule has 0 unspecified atom stereocenters. The van der Waals surface area contributed by atoms with Crippen molar-refractivity contribution in [2.45, 2.75) is 38.8 Å². The lowest BCUT2D eigenvalue weighted by Crippen LogP contribution is -2.40. The Morgan fingerprint density at radius 2 is 1.63 bits per heavy atom. The minimum atomic E-state index is 0.758. The van der Waals surface area contributed by atoms with Crippen molar-refractivity contribution in [3.8, 4) is 0 Å². The smallest absolute Gasteiger partial charge is 0.227 e. The average molecular weight is 428 g/mol. The number of nitrogens with zero attached hydrogens (tertiary/aromatic N) is 5. The van der Waals surface area contributed by atoms with Crippen LogP contribution in [0.5, 0.6) is 0 Å². The van der Waals surface area contributed by atoms with Crippen LogP contribution in [0.1, 0.15) is 36.1 Å². The Labute approximate surface area is 183 Å². The van der Waals surface area contributed by atoms with Crippen molar-refractivity contribution in [1.82, 2.24) is 14.9 Å². The van der Waals surface area contributed by atoms with E-state index < -0.39 is 0 Å². The number of fused-ring (bicyclic) bond motifs is 1. The molecule has 3 aliphatic heterocycles. The first-order valence-corrected chi connectivity index (χ1v) is 11.6. The summed E-state index contributed by atoms with van der Waals surface area (Å²) in [5, 5.41) is 0.791. The van der Waals surface area contributed by atoms with Crippen molar-refractivity contribution in [3.63, 3.8) is 0 Å². The van der Waals surface area contributed by atoms with E-state index in [0.29, 0.717) is 0 Å². The fourth-order valence-electron chi connectivity index (χ4n) is 4.69. The molecule has 30 heavy (non-hydrogen) atoms. The summed E-state index contributed by atoms with van der Waals surface area (Å²) < 4.78 is 5.54. The van der Waals surface area contributed by atoms with Crippen molar-refractivity contribution >= 4 is 23.4 Å². The molecule has 1 aromatic carbocycles. The highest BCUT2D eigenvalue weighted by Gasteiger charge is 2.27. The number of halogens is 1. The zero-order valence-corrected chi connectivity index (χ0v) is 18.3. The van der Waals surface area contributed by atoms with Crippen molar-refractivity contribution in [2.24, 2.45) is 0 Å². The van der Waals surface area contributed by atoms with E-state index in [2.05, 4.69) is 26.8 Å². The van der Waals surface area contributed by atoms with Gasteiger partial charge in [-0.3, -0.25) is 4.90 Å². The van der Waals surface area contributed by atoms with E-state index in [4.69, 9.17) is 26.3 Å². The van der Waals surface area contributed by atoms with Crippen LogP contribution >= 0.6 is 11.6 Å². The van der Waals surface area contributed by atoms with Gasteiger partial charge in [-0.15, -0.1) is 0 Å². The van der Waals surface area contributed by atoms with Crippen LogP contribution in [0.2, 0.25) is 5.02 Å². The van der Waals surface area contributed by atoms with Gasteiger partial charge in [0, 0.05) is 62.8 Å². The Balaban J connectivity index is 1.42. The number of morpholine rings is 1. The molecular formula is C23H30ClN5O. The number of ether oxygens (including phenoxy) is 1. The molecule has 2 aromatic rings. The number of aromatic nitrogens is 2. The van der Waals surface area contributed by atoms with Gasteiger partial charge < -0.3 is 14.5 Å². The Morgan fingerprint density at radius 1 is 0.867 bits per heavy atom. The first-order valence-electron chi connectivity index (χ1n) is 11.2. The summed E-state index contributed by atoms with van der Waals surface area (Å²) >= 11 is 6.06. The van der Waals surface area contributed by atoms with E-state index in [0.717, 1.165) is 76.4 Å². The first kappa shape index (κ1) is 20.0. The fraction of sp³-hybridized carbons (Fsp3) is 0.565. The first-order chi connectivity index (χ1) is 14.8. The number of piperidine rings is 1. The molecule has 1 aromatic heterocycles. The maximum absolute atomic E-state index is 6.06. The van der Waals surface area contributed by atoms with Crippen molar-refractivity contribution in [3.05, 3.63) is 46.1 Å². The molecule has 0 aliphatic carbocycles. The van der Waals surface area contributed by atoms with Crippen LogP contribution in [-0.2, 0) is 24.2 Å². The standard InChI is InChI=1S/C23H30ClN5O/c24-19-6-4-18(5-7-19)16-27-11-8-21-20(17-27)22(28-9-2-1-3-10-28)26-23(25-21)29-12-14-30-15-13-29/h4-7H,1-3,8-17H2. The summed E-state index contributed by atoms with van der Waals surface area (Å²) in [6, 6.07) is 8.21. The second kappa shape index (κ2) is 9.08. The van der Waals surface area contributed by atoms with E-state index in [-0.39, 0.29) is 0 Å². The van der Waals surface area contributed by atoms with Gasteiger partial charge in [0.05, 0.1) is 18.9 Å². The van der Waals surface area contributed by atoms with Crippen molar-refractivity contribution < 1.29 is 4.74 Å². The molecule has 0 radical (unpaired) electrons. The lowest BCUT2D eigenvalue weighted by Gasteiger charge is -2.36. The van der Waals surface area contributed by atoms with Gasteiger partial charge in [-0.1, -0.05) is 23.7 Å². The van der Waals surface area contributed by atoms with E-state index >= 15 is 0 Å². The van der Waals surface area contributed by atoms with Gasteiger partial charge in [-0.05, 0) is 37.0 Å². The Kier molecular flexibility index (Phi) is 6.07. The van der Waals surface area contributed by atoms with Crippen LogP contribution in [0.25, 0.3) is 0 Å². The lowest BCUT2D eigenvalue weighted by molar-refractivity contribution is 0.122. The molecule has 0 bridgehead atoms. The molecule has 0 N–H and O–H groups in total. The SMILES string of the molecule is Clc1ccc(CN2CCc3nc(N4CCOCC4)nc(N4CCCCC4)c3C2)cc1. The normalized spacial score (nSPS) is 20.3. The largest absolute Gasteiger partial charge is 0.378 e. The maximum Gasteiger partial charge on any atom is 0.227 e. The molecule has 2 fully saturated rings. The molecule has 4 heterocycles. The highest BCUT2D eigenvalue weighted by Crippen LogP contribution is 2.31. The monoisotopic (exact) mass is 427 g/mol. The predicted octanol–water partition coefficient (Wildman–Crippen LogP) is 3.52. The molecule has 6 nitrogen and oxygen atoms in total. The molecule has 0 spiro atoms. The van der Waals surface area contributed by atoms with Gasteiger partial charge in [-0.25, -0.2) is 4.98 Å². The van der Waals surface area contributed by atoms with Gasteiger partial charge in [0.15, 0.2) is 0 Å². The third-order valence-corrected chi connectivity index (χ3v) is 6.63. The summed E-state index contributed by atoms with van der Waals surface area (Å²) in [6.07, 6.45) is 4.80. The molecule has 7 heteroatoms. The number of anilines is 2. The molecular weight excluding hydrogens is 398 g/mol. The van der Waals surface area contributed by atoms with Crippen LogP contribution in [0, 0.1) is 0 Å². The van der Waals surface area contributed by atoms with Crippen LogP contribution in [-0.4, -0.2) is 60.8 Å². The Hall–Kier alpha value is -1.89. The molecule has 160 valence electrons. The number of hydrogen-bond acceptors (Lipinski definition) is 6. The summed E-state index contributed by atoms with van der Waals surface area (Å²) in [6.45, 7) is 8.33. The van der Waals surface area contributed by atoms with Gasteiger partial charge in [0.25, 0.3) is 0 Å². The highest BCUT2D eigenvalue weighted by molar-refractivity contribution is 6.30. The van der Waals surface area contributed by atoms with E-state index in [1.807, 2.05) is 12.1 Å². The summed E-state index contributed by atoms with van der Waals surface area (Å²) in [7, 11) is 0. The second-order valence-corrected chi connectivity index (χ2v) is 8.94. The quantitative estimate of drug-likeness (QED) is 0.744. The number of benzene rings is 1. The molecule has 0 atom stereocenters. The second-order valence-electron chi connectivity index (χ2n) is 8.51. The van der Waals surface area contributed by atoms with Crippen LogP contribution in [0.3, 0.4) is 0 Å². The summed E-state index contributed by atoms with van der Waals surface area (Å²) in [4.78, 5) is 17.5. The van der Waals surface area contributed by atoms with Crippen molar-refractivity contribution in [2.75, 3.05) is 55.7 Å². The highest BCUT2D eigenvalue weighted by atomic mass is 35.5. The molecule has 2 saturated heterocycles. The summed E-state index contributed by atoms with van der Waals surface area (Å²) in [5.74, 6) is 2.06. The van der Waals surface area contributed by atoms with E-state index in [9.17, 15) is 0 Å². The topological polar surface area (TPSA) is 44.7 Å². The Bertz CT molecular complexity index is 863. The van der Waals surface area contributed by atoms with Crippen LogP contribution in [0.4, 0.5) is 11.8 Å². The number of rotatable bonds is 4. The summed E-state index contributed by atoms with van der Waals surface area (Å²) in [5.41, 5.74) is 3.86. The van der Waals surface area contributed by atoms with Gasteiger partial charge in [0.1, 0.15) is 5.82 Å². The van der Waals surface area contributed by atoms with Crippen LogP contribution in [0.15, 0.2) is 24.3 Å². The Morgan fingerprint density at radius 3 is 2.40 bits per heavy atom. The zero-order chi connectivity index (χ0) is 20.3.